The van der Waals surface area contributed by atoms with Crippen molar-refractivity contribution in [2.24, 2.45) is 11.8 Å². The largest absolute Gasteiger partial charge is 0.389 e. The fraction of sp³-hybridized carbons (Fsp3) is 0.632. The normalized spacial score (nSPS) is 32.0. The second-order valence-corrected chi connectivity index (χ2v) is 7.45. The third-order valence-corrected chi connectivity index (χ3v) is 5.78. The summed E-state index contributed by atoms with van der Waals surface area (Å²) in [5, 5.41) is 10.8. The Morgan fingerprint density at radius 1 is 1.50 bits per heavy atom. The van der Waals surface area contributed by atoms with Gasteiger partial charge in [-0.2, -0.15) is 0 Å². The number of ether oxygens (including phenoxy) is 1. The molecule has 2 aliphatic rings. The van der Waals surface area contributed by atoms with Gasteiger partial charge >= 0.3 is 0 Å². The maximum absolute atomic E-state index is 13.6. The summed E-state index contributed by atoms with van der Waals surface area (Å²) in [7, 11) is 1.62. The molecular formula is C19H28FN3O3. The number of amides is 1. The van der Waals surface area contributed by atoms with Gasteiger partial charge in [-0.25, -0.2) is 9.82 Å². The van der Waals surface area contributed by atoms with Gasteiger partial charge in [0.25, 0.3) is 0 Å². The maximum Gasteiger partial charge on any atom is 0.229 e. The zero-order valence-electron chi connectivity index (χ0n) is 15.4. The van der Waals surface area contributed by atoms with Gasteiger partial charge in [0.2, 0.25) is 5.91 Å². The van der Waals surface area contributed by atoms with Crippen molar-refractivity contribution in [3.63, 3.8) is 0 Å². The lowest BCUT2D eigenvalue weighted by molar-refractivity contribution is -0.144. The Morgan fingerprint density at radius 3 is 3.00 bits per heavy atom. The van der Waals surface area contributed by atoms with Crippen LogP contribution in [0.4, 0.5) is 4.39 Å². The van der Waals surface area contributed by atoms with Crippen LogP contribution in [0, 0.1) is 17.7 Å². The van der Waals surface area contributed by atoms with E-state index in [9.17, 15) is 14.3 Å². The summed E-state index contributed by atoms with van der Waals surface area (Å²) in [6, 6.07) is 6.09. The fourth-order valence-electron chi connectivity index (χ4n) is 3.99. The van der Waals surface area contributed by atoms with Crippen molar-refractivity contribution in [1.29, 1.82) is 0 Å². The summed E-state index contributed by atoms with van der Waals surface area (Å²) >= 11 is 0. The Morgan fingerprint density at radius 2 is 2.31 bits per heavy atom. The van der Waals surface area contributed by atoms with E-state index in [1.54, 1.807) is 13.2 Å². The molecule has 0 aromatic heterocycles. The molecule has 2 unspecified atom stereocenters. The van der Waals surface area contributed by atoms with Crippen LogP contribution >= 0.6 is 0 Å². The molecule has 0 saturated carbocycles. The maximum atomic E-state index is 13.6. The van der Waals surface area contributed by atoms with E-state index in [0.29, 0.717) is 39.1 Å². The highest BCUT2D eigenvalue weighted by atomic mass is 19.1. The molecule has 2 saturated heterocycles. The Balaban J connectivity index is 1.67. The van der Waals surface area contributed by atoms with Crippen molar-refractivity contribution in [1.82, 2.24) is 15.8 Å². The molecule has 3 N–H and O–H groups in total. The van der Waals surface area contributed by atoms with Crippen molar-refractivity contribution in [2.45, 2.75) is 31.4 Å². The van der Waals surface area contributed by atoms with Gasteiger partial charge in [0.1, 0.15) is 5.82 Å². The minimum atomic E-state index is -0.791. The number of nitrogens with zero attached hydrogens (tertiary/aromatic N) is 1. The molecule has 3 rings (SSSR count). The van der Waals surface area contributed by atoms with Crippen LogP contribution in [-0.2, 0) is 9.53 Å². The molecule has 0 spiro atoms. The first-order valence-electron chi connectivity index (χ1n) is 9.18. The molecule has 1 aromatic rings. The van der Waals surface area contributed by atoms with Crippen LogP contribution in [-0.4, -0.2) is 54.9 Å². The van der Waals surface area contributed by atoms with Crippen molar-refractivity contribution in [2.75, 3.05) is 33.4 Å². The van der Waals surface area contributed by atoms with E-state index in [2.05, 4.69) is 10.9 Å². The number of methoxy groups -OCH3 is 1. The summed E-state index contributed by atoms with van der Waals surface area (Å²) in [4.78, 5) is 14.9. The number of hydrogen-bond acceptors (Lipinski definition) is 5. The minimum Gasteiger partial charge on any atom is -0.389 e. The van der Waals surface area contributed by atoms with Crippen LogP contribution < -0.4 is 10.9 Å². The quantitative estimate of drug-likeness (QED) is 0.732. The first-order valence-corrected chi connectivity index (χ1v) is 9.18. The molecule has 0 aliphatic carbocycles. The van der Waals surface area contributed by atoms with Gasteiger partial charge in [-0.3, -0.25) is 10.2 Å². The van der Waals surface area contributed by atoms with E-state index >= 15 is 0 Å². The number of carbonyl (C=O) groups excluding carboxylic acids is 1. The first-order chi connectivity index (χ1) is 12.4. The van der Waals surface area contributed by atoms with Crippen molar-refractivity contribution in [3.8, 4) is 0 Å². The molecule has 144 valence electrons. The molecule has 2 heterocycles. The highest BCUT2D eigenvalue weighted by Crippen LogP contribution is 2.33. The third kappa shape index (κ3) is 3.91. The van der Waals surface area contributed by atoms with Gasteiger partial charge in [0.15, 0.2) is 0 Å². The van der Waals surface area contributed by atoms with Crippen LogP contribution in [0.2, 0.25) is 0 Å². The van der Waals surface area contributed by atoms with E-state index in [-0.39, 0.29) is 29.6 Å². The van der Waals surface area contributed by atoms with E-state index in [0.717, 1.165) is 5.56 Å². The van der Waals surface area contributed by atoms with Crippen LogP contribution in [0.1, 0.15) is 31.4 Å². The summed E-state index contributed by atoms with van der Waals surface area (Å²) in [5.41, 5.74) is 6.09. The molecule has 1 aromatic carbocycles. The number of benzene rings is 1. The number of piperidine rings is 1. The Kier molecular flexibility index (Phi) is 5.92. The average Bonchev–Trinajstić information content (AvgIpc) is 3.12. The highest BCUT2D eigenvalue weighted by Gasteiger charge is 2.43. The Bertz CT molecular complexity index is 644. The molecule has 7 heteroatoms. The number of halogens is 1. The number of hydrogen-bond donors (Lipinski definition) is 3. The lowest BCUT2D eigenvalue weighted by Gasteiger charge is -2.44. The molecule has 6 nitrogen and oxygen atoms in total. The topological polar surface area (TPSA) is 73.8 Å². The highest BCUT2D eigenvalue weighted by molar-refractivity contribution is 5.80. The number of aliphatic hydroxyl groups is 1. The van der Waals surface area contributed by atoms with Crippen LogP contribution in [0.3, 0.4) is 0 Å². The van der Waals surface area contributed by atoms with Crippen LogP contribution in [0.5, 0.6) is 0 Å². The number of hydrazine groups is 1. The molecular weight excluding hydrogens is 337 g/mol. The van der Waals surface area contributed by atoms with Gasteiger partial charge < -0.3 is 14.7 Å². The van der Waals surface area contributed by atoms with E-state index < -0.39 is 5.60 Å². The second kappa shape index (κ2) is 8.00. The Hall–Kier alpha value is -1.54. The van der Waals surface area contributed by atoms with E-state index in [4.69, 9.17) is 4.74 Å². The number of likely N-dealkylation sites (tertiary alicyclic amines) is 1. The van der Waals surface area contributed by atoms with Gasteiger partial charge in [0, 0.05) is 39.3 Å². The van der Waals surface area contributed by atoms with Crippen molar-refractivity contribution in [3.05, 3.63) is 35.6 Å². The predicted molar refractivity (Wildman–Crippen MR) is 95.6 cm³/mol. The third-order valence-electron chi connectivity index (χ3n) is 5.78. The zero-order valence-corrected chi connectivity index (χ0v) is 15.4. The van der Waals surface area contributed by atoms with E-state index in [1.807, 2.05) is 17.9 Å². The number of rotatable bonds is 5. The molecule has 2 aliphatic heterocycles. The van der Waals surface area contributed by atoms with Gasteiger partial charge in [-0.05, 0) is 30.5 Å². The monoisotopic (exact) mass is 365 g/mol. The summed E-state index contributed by atoms with van der Waals surface area (Å²) in [6.45, 7) is 4.03. The molecule has 26 heavy (non-hydrogen) atoms. The van der Waals surface area contributed by atoms with Gasteiger partial charge in [-0.1, -0.05) is 19.1 Å². The lowest BCUT2D eigenvalue weighted by atomic mass is 9.79. The molecule has 0 bridgehead atoms. The van der Waals surface area contributed by atoms with Crippen molar-refractivity contribution < 1.29 is 19.0 Å². The smallest absolute Gasteiger partial charge is 0.229 e. The summed E-state index contributed by atoms with van der Waals surface area (Å²) < 4.78 is 18.7. The number of nitrogens with one attached hydrogen (secondary N) is 2. The average molecular weight is 365 g/mol. The standard InChI is InChI=1S/C19H28FN3O3/c1-13-12-23(8-6-19(13,25)7-9-26-2)18(24)16-11-21-22-17(16)14-4-3-5-15(20)10-14/h3-5,10,13,16-17,21-22,25H,6-9,11-12H2,1-2H3/t13-,16?,17?,19-/m0/s1. The van der Waals surface area contributed by atoms with Gasteiger partial charge in [0.05, 0.1) is 17.6 Å². The zero-order chi connectivity index (χ0) is 18.7. The van der Waals surface area contributed by atoms with Crippen molar-refractivity contribution >= 4 is 5.91 Å². The number of carbonyl (C=O) groups is 1. The lowest BCUT2D eigenvalue weighted by Crippen LogP contribution is -2.54. The summed E-state index contributed by atoms with van der Waals surface area (Å²) in [6.07, 6.45) is 1.12. The summed E-state index contributed by atoms with van der Waals surface area (Å²) in [5.74, 6) is -0.589. The second-order valence-electron chi connectivity index (χ2n) is 7.45. The minimum absolute atomic E-state index is 0.0229. The van der Waals surface area contributed by atoms with E-state index in [1.165, 1.54) is 12.1 Å². The van der Waals surface area contributed by atoms with Crippen LogP contribution in [0.15, 0.2) is 24.3 Å². The Labute approximate surface area is 153 Å². The van der Waals surface area contributed by atoms with Crippen LogP contribution in [0.25, 0.3) is 0 Å². The molecule has 2 fully saturated rings. The SMILES string of the molecule is COCC[C@@]1(O)CCN(C(=O)C2CNNC2c2cccc(F)c2)C[C@@H]1C. The molecule has 4 atom stereocenters. The molecule has 1 amide bonds. The first kappa shape index (κ1) is 19.2. The molecule has 0 radical (unpaired) electrons. The predicted octanol–water partition coefficient (Wildman–Crippen LogP) is 1.23. The van der Waals surface area contributed by atoms with Gasteiger partial charge in [-0.15, -0.1) is 0 Å². The fourth-order valence-corrected chi connectivity index (χ4v) is 3.99.